The summed E-state index contributed by atoms with van der Waals surface area (Å²) in [6.07, 6.45) is 0. The maximum absolute atomic E-state index is 13.6. The lowest BCUT2D eigenvalue weighted by Crippen LogP contribution is -2.33. The zero-order valence-corrected chi connectivity index (χ0v) is 23.3. The second-order valence-electron chi connectivity index (χ2n) is 9.52. The molecule has 1 atom stereocenters. The van der Waals surface area contributed by atoms with E-state index in [0.29, 0.717) is 16.5 Å². The zero-order chi connectivity index (χ0) is 26.8. The Balaban J connectivity index is 1.33. The van der Waals surface area contributed by atoms with Crippen LogP contribution in [0.3, 0.4) is 0 Å². The van der Waals surface area contributed by atoms with Crippen molar-refractivity contribution in [2.75, 3.05) is 10.7 Å². The Labute approximate surface area is 231 Å². The Morgan fingerprint density at radius 3 is 2.13 bits per heavy atom. The van der Waals surface area contributed by atoms with Gasteiger partial charge in [0, 0.05) is 22.4 Å². The molecule has 38 heavy (non-hydrogen) atoms. The maximum Gasteiger partial charge on any atom is 0.251 e. The zero-order valence-electron chi connectivity index (χ0n) is 21.7. The van der Waals surface area contributed by atoms with Gasteiger partial charge in [0.2, 0.25) is 5.91 Å². The number of amides is 2. The van der Waals surface area contributed by atoms with E-state index in [1.54, 1.807) is 16.7 Å². The molecule has 1 aliphatic rings. The molecule has 0 aliphatic carbocycles. The van der Waals surface area contributed by atoms with Crippen LogP contribution < -0.4 is 10.2 Å². The van der Waals surface area contributed by atoms with E-state index < -0.39 is 0 Å². The molecule has 3 aromatic carbocycles. The third kappa shape index (κ3) is 5.21. The average molecular weight is 544 g/mol. The Hall–Kier alpha value is -3.56. The minimum Gasteiger partial charge on any atom is -0.342 e. The van der Waals surface area contributed by atoms with Gasteiger partial charge in [-0.2, -0.15) is 0 Å². The standard InChI is InChI=1S/C29H29N5O2S2/c1-18(2)26(30-28(36)20-15-13-19(3)14-16-20)27-31-32-29(33(27)4)37-17-25(35)34-21-9-5-7-11-23(21)38-24-12-8-6-10-22(24)34/h5-16,18,26H,17H2,1-4H3,(H,30,36)/t26-/m1/s1. The molecule has 0 radical (unpaired) electrons. The highest BCUT2D eigenvalue weighted by Gasteiger charge is 2.29. The van der Waals surface area contributed by atoms with Crippen LogP contribution in [0.15, 0.2) is 87.7 Å². The van der Waals surface area contributed by atoms with Gasteiger partial charge in [-0.15, -0.1) is 10.2 Å². The Morgan fingerprint density at radius 2 is 1.53 bits per heavy atom. The van der Waals surface area contributed by atoms with Crippen molar-refractivity contribution >= 4 is 46.7 Å². The fraction of sp³-hybridized carbons (Fsp3) is 0.241. The van der Waals surface area contributed by atoms with Crippen LogP contribution in [0.25, 0.3) is 0 Å². The van der Waals surface area contributed by atoms with E-state index in [1.807, 2.05) is 105 Å². The van der Waals surface area contributed by atoms with E-state index in [1.165, 1.54) is 11.8 Å². The number of aryl methyl sites for hydroxylation is 1. The largest absolute Gasteiger partial charge is 0.342 e. The second-order valence-corrected chi connectivity index (χ2v) is 11.5. The first-order chi connectivity index (χ1) is 18.3. The average Bonchev–Trinajstić information content (AvgIpc) is 3.28. The smallest absolute Gasteiger partial charge is 0.251 e. The van der Waals surface area contributed by atoms with E-state index in [9.17, 15) is 9.59 Å². The number of hydrogen-bond acceptors (Lipinski definition) is 6. The number of benzene rings is 3. The van der Waals surface area contributed by atoms with E-state index >= 15 is 0 Å². The highest BCUT2D eigenvalue weighted by Crippen LogP contribution is 2.48. The van der Waals surface area contributed by atoms with Crippen molar-refractivity contribution in [3.05, 3.63) is 89.7 Å². The Bertz CT molecular complexity index is 1440. The third-order valence-corrected chi connectivity index (χ3v) is 8.56. The topological polar surface area (TPSA) is 80.1 Å². The number of carbonyl (C=O) groups excluding carboxylic acids is 2. The molecule has 1 aliphatic heterocycles. The third-order valence-electron chi connectivity index (χ3n) is 6.42. The van der Waals surface area contributed by atoms with Crippen molar-refractivity contribution in [3.8, 4) is 0 Å². The van der Waals surface area contributed by atoms with Crippen molar-refractivity contribution < 1.29 is 9.59 Å². The van der Waals surface area contributed by atoms with Crippen LogP contribution in [-0.4, -0.2) is 32.3 Å². The van der Waals surface area contributed by atoms with Gasteiger partial charge in [0.15, 0.2) is 11.0 Å². The SMILES string of the molecule is Cc1ccc(C(=O)N[C@@H](c2nnc(SCC(=O)N3c4ccccc4Sc4ccccc43)n2C)C(C)C)cc1. The molecule has 1 aromatic heterocycles. The number of hydrogen-bond donors (Lipinski definition) is 1. The molecule has 194 valence electrons. The number of anilines is 2. The molecule has 4 aromatic rings. The van der Waals surface area contributed by atoms with Gasteiger partial charge in [0.1, 0.15) is 0 Å². The van der Waals surface area contributed by atoms with Crippen LogP contribution in [0.2, 0.25) is 0 Å². The van der Waals surface area contributed by atoms with E-state index in [0.717, 1.165) is 26.7 Å². The number of aromatic nitrogens is 3. The molecule has 5 rings (SSSR count). The molecule has 0 saturated heterocycles. The van der Waals surface area contributed by atoms with Gasteiger partial charge in [0.05, 0.1) is 23.2 Å². The van der Waals surface area contributed by atoms with Crippen LogP contribution in [-0.2, 0) is 11.8 Å². The normalized spacial score (nSPS) is 13.1. The number of fused-ring (bicyclic) bond motifs is 2. The maximum atomic E-state index is 13.6. The molecule has 9 heteroatoms. The molecule has 7 nitrogen and oxygen atoms in total. The number of para-hydroxylation sites is 2. The summed E-state index contributed by atoms with van der Waals surface area (Å²) < 4.78 is 1.87. The quantitative estimate of drug-likeness (QED) is 0.281. The second kappa shape index (κ2) is 11.0. The first-order valence-corrected chi connectivity index (χ1v) is 14.2. The van der Waals surface area contributed by atoms with Gasteiger partial charge < -0.3 is 9.88 Å². The molecular formula is C29H29N5O2S2. The predicted octanol–water partition coefficient (Wildman–Crippen LogP) is 6.17. The van der Waals surface area contributed by atoms with Crippen molar-refractivity contribution in [2.45, 2.75) is 41.8 Å². The highest BCUT2D eigenvalue weighted by molar-refractivity contribution is 8.00. The molecule has 2 amide bonds. The number of nitrogens with one attached hydrogen (secondary N) is 1. The van der Waals surface area contributed by atoms with Crippen LogP contribution >= 0.6 is 23.5 Å². The highest BCUT2D eigenvalue weighted by atomic mass is 32.2. The number of rotatable bonds is 7. The molecule has 0 fully saturated rings. The number of thioether (sulfide) groups is 1. The van der Waals surface area contributed by atoms with Gasteiger partial charge in [-0.05, 0) is 49.2 Å². The summed E-state index contributed by atoms with van der Waals surface area (Å²) in [5.74, 6) is 0.747. The van der Waals surface area contributed by atoms with Crippen molar-refractivity contribution in [3.63, 3.8) is 0 Å². The van der Waals surface area contributed by atoms with Crippen LogP contribution in [0.4, 0.5) is 11.4 Å². The van der Waals surface area contributed by atoms with Crippen molar-refractivity contribution in [2.24, 2.45) is 13.0 Å². The van der Waals surface area contributed by atoms with Gasteiger partial charge in [0.25, 0.3) is 5.91 Å². The lowest BCUT2D eigenvalue weighted by Gasteiger charge is -2.30. The lowest BCUT2D eigenvalue weighted by atomic mass is 10.0. The Morgan fingerprint density at radius 1 is 0.921 bits per heavy atom. The van der Waals surface area contributed by atoms with Gasteiger partial charge in [-0.25, -0.2) is 0 Å². The van der Waals surface area contributed by atoms with E-state index in [2.05, 4.69) is 15.5 Å². The Kier molecular flexibility index (Phi) is 7.58. The molecule has 1 N–H and O–H groups in total. The van der Waals surface area contributed by atoms with E-state index in [-0.39, 0.29) is 29.5 Å². The summed E-state index contributed by atoms with van der Waals surface area (Å²) in [6, 6.07) is 23.1. The number of carbonyl (C=O) groups is 2. The van der Waals surface area contributed by atoms with Gasteiger partial charge >= 0.3 is 0 Å². The molecule has 0 unspecified atom stereocenters. The molecule has 0 saturated carbocycles. The first kappa shape index (κ1) is 26.1. The van der Waals surface area contributed by atoms with Crippen molar-refractivity contribution in [1.29, 1.82) is 0 Å². The summed E-state index contributed by atoms with van der Waals surface area (Å²) in [5.41, 5.74) is 3.48. The van der Waals surface area contributed by atoms with Crippen molar-refractivity contribution in [1.82, 2.24) is 20.1 Å². The summed E-state index contributed by atoms with van der Waals surface area (Å²) in [5, 5.41) is 12.5. The first-order valence-electron chi connectivity index (χ1n) is 12.4. The predicted molar refractivity (Wildman–Crippen MR) is 152 cm³/mol. The van der Waals surface area contributed by atoms with Crippen LogP contribution in [0, 0.1) is 12.8 Å². The van der Waals surface area contributed by atoms with E-state index in [4.69, 9.17) is 0 Å². The lowest BCUT2D eigenvalue weighted by molar-refractivity contribution is -0.115. The molecular weight excluding hydrogens is 514 g/mol. The fourth-order valence-corrected chi connectivity index (χ4v) is 6.17. The molecule has 0 spiro atoms. The van der Waals surface area contributed by atoms with Gasteiger partial charge in [-0.1, -0.05) is 79.3 Å². The minimum atomic E-state index is -0.329. The fourth-order valence-electron chi connectivity index (χ4n) is 4.35. The summed E-state index contributed by atoms with van der Waals surface area (Å²) in [7, 11) is 1.87. The minimum absolute atomic E-state index is 0.0344. The summed E-state index contributed by atoms with van der Waals surface area (Å²) >= 11 is 3.02. The summed E-state index contributed by atoms with van der Waals surface area (Å²) in [4.78, 5) is 30.4. The summed E-state index contributed by atoms with van der Waals surface area (Å²) in [6.45, 7) is 6.06. The monoisotopic (exact) mass is 543 g/mol. The van der Waals surface area contributed by atoms with Gasteiger partial charge in [-0.3, -0.25) is 14.5 Å². The number of nitrogens with zero attached hydrogens (tertiary/aromatic N) is 4. The van der Waals surface area contributed by atoms with Crippen LogP contribution in [0.1, 0.15) is 41.6 Å². The molecule has 0 bridgehead atoms. The molecule has 2 heterocycles. The van der Waals surface area contributed by atoms with Crippen LogP contribution in [0.5, 0.6) is 0 Å².